The van der Waals surface area contributed by atoms with Crippen LogP contribution in [0.5, 0.6) is 0 Å². The molecular formula is C23H28N2O2. The van der Waals surface area contributed by atoms with Gasteiger partial charge in [0.1, 0.15) is 0 Å². The molecule has 2 aromatic rings. The van der Waals surface area contributed by atoms with E-state index in [1.807, 2.05) is 49.9 Å². The second-order valence-corrected chi connectivity index (χ2v) is 8.45. The van der Waals surface area contributed by atoms with Crippen LogP contribution in [0.25, 0.3) is 0 Å². The van der Waals surface area contributed by atoms with Gasteiger partial charge in [0.15, 0.2) is 0 Å². The van der Waals surface area contributed by atoms with Gasteiger partial charge >= 0.3 is 0 Å². The van der Waals surface area contributed by atoms with E-state index in [4.69, 9.17) is 0 Å². The first-order valence-corrected chi connectivity index (χ1v) is 9.51. The second-order valence-electron chi connectivity index (χ2n) is 8.45. The van der Waals surface area contributed by atoms with Crippen LogP contribution in [0.3, 0.4) is 0 Å². The topological polar surface area (TPSA) is 49.4 Å². The van der Waals surface area contributed by atoms with E-state index in [0.717, 1.165) is 0 Å². The number of nitrogens with zero attached hydrogens (tertiary/aromatic N) is 1. The van der Waals surface area contributed by atoms with Crippen molar-refractivity contribution >= 4 is 11.8 Å². The fourth-order valence-corrected chi connectivity index (χ4v) is 3.60. The lowest BCUT2D eigenvalue weighted by atomic mass is 9.84. The minimum Gasteiger partial charge on any atom is -0.347 e. The number of amides is 2. The van der Waals surface area contributed by atoms with Crippen LogP contribution in [0, 0.1) is 5.41 Å². The standard InChI is InChI=1S/C23H28N2O2/c1-23(2,3)13-21(26)24-14-22(27)25-15-18-11-7-8-12-19(18)20(16-25)17-9-5-4-6-10-17/h4-12,20H,13-16H2,1-3H3,(H,24,26)/t20-/m0/s1. The highest BCUT2D eigenvalue weighted by atomic mass is 16.2. The van der Waals surface area contributed by atoms with Crippen molar-refractivity contribution < 1.29 is 9.59 Å². The molecule has 0 aromatic heterocycles. The molecule has 0 bridgehead atoms. The van der Waals surface area contributed by atoms with Crippen molar-refractivity contribution in [2.24, 2.45) is 5.41 Å². The fourth-order valence-electron chi connectivity index (χ4n) is 3.60. The molecule has 1 heterocycles. The van der Waals surface area contributed by atoms with Gasteiger partial charge < -0.3 is 10.2 Å². The second kappa shape index (κ2) is 7.95. The van der Waals surface area contributed by atoms with E-state index < -0.39 is 0 Å². The molecule has 3 rings (SSSR count). The summed E-state index contributed by atoms with van der Waals surface area (Å²) in [5.41, 5.74) is 3.57. The molecule has 0 saturated heterocycles. The Bertz CT molecular complexity index is 809. The number of carbonyl (C=O) groups excluding carboxylic acids is 2. The molecule has 27 heavy (non-hydrogen) atoms. The first-order chi connectivity index (χ1) is 12.8. The summed E-state index contributed by atoms with van der Waals surface area (Å²) in [6.07, 6.45) is 0.412. The number of rotatable bonds is 4. The monoisotopic (exact) mass is 364 g/mol. The average molecular weight is 364 g/mol. The van der Waals surface area contributed by atoms with Gasteiger partial charge in [0.2, 0.25) is 11.8 Å². The molecule has 142 valence electrons. The average Bonchev–Trinajstić information content (AvgIpc) is 2.64. The van der Waals surface area contributed by atoms with Crippen molar-refractivity contribution in [3.05, 3.63) is 71.3 Å². The quantitative estimate of drug-likeness (QED) is 0.899. The molecular weight excluding hydrogens is 336 g/mol. The Morgan fingerprint density at radius 3 is 2.41 bits per heavy atom. The number of hydrogen-bond donors (Lipinski definition) is 1. The van der Waals surface area contributed by atoms with E-state index in [-0.39, 0.29) is 29.7 Å². The highest BCUT2D eigenvalue weighted by Crippen LogP contribution is 2.33. The minimum atomic E-state index is -0.0877. The molecule has 1 atom stereocenters. The van der Waals surface area contributed by atoms with Gasteiger partial charge in [0.05, 0.1) is 6.54 Å². The number of fused-ring (bicyclic) bond motifs is 1. The number of hydrogen-bond acceptors (Lipinski definition) is 2. The predicted molar refractivity (Wildman–Crippen MR) is 107 cm³/mol. The van der Waals surface area contributed by atoms with Gasteiger partial charge in [0.25, 0.3) is 0 Å². The third-order valence-corrected chi connectivity index (χ3v) is 4.88. The normalized spacial score (nSPS) is 16.6. The lowest BCUT2D eigenvalue weighted by Gasteiger charge is -2.35. The van der Waals surface area contributed by atoms with E-state index in [2.05, 4.69) is 35.6 Å². The Morgan fingerprint density at radius 2 is 1.70 bits per heavy atom. The van der Waals surface area contributed by atoms with Crippen molar-refractivity contribution in [3.63, 3.8) is 0 Å². The van der Waals surface area contributed by atoms with Crippen LogP contribution in [-0.2, 0) is 16.1 Å². The van der Waals surface area contributed by atoms with Crippen LogP contribution in [0.15, 0.2) is 54.6 Å². The van der Waals surface area contributed by atoms with E-state index >= 15 is 0 Å². The zero-order valence-electron chi connectivity index (χ0n) is 16.4. The highest BCUT2D eigenvalue weighted by Gasteiger charge is 2.29. The molecule has 1 aliphatic rings. The smallest absolute Gasteiger partial charge is 0.242 e. The molecule has 0 unspecified atom stereocenters. The summed E-state index contributed by atoms with van der Waals surface area (Å²) in [6.45, 7) is 7.32. The molecule has 0 radical (unpaired) electrons. The van der Waals surface area contributed by atoms with Crippen molar-refractivity contribution in [2.45, 2.75) is 39.7 Å². The van der Waals surface area contributed by atoms with Crippen LogP contribution >= 0.6 is 0 Å². The van der Waals surface area contributed by atoms with Crippen LogP contribution in [0.4, 0.5) is 0 Å². The van der Waals surface area contributed by atoms with Crippen molar-refractivity contribution in [3.8, 4) is 0 Å². The summed E-state index contributed by atoms with van der Waals surface area (Å²) in [4.78, 5) is 26.7. The van der Waals surface area contributed by atoms with Gasteiger partial charge in [-0.2, -0.15) is 0 Å². The van der Waals surface area contributed by atoms with Gasteiger partial charge in [-0.25, -0.2) is 0 Å². The Morgan fingerprint density at radius 1 is 1.04 bits per heavy atom. The first-order valence-electron chi connectivity index (χ1n) is 9.51. The van der Waals surface area contributed by atoms with Gasteiger partial charge in [-0.3, -0.25) is 9.59 Å². The number of carbonyl (C=O) groups is 2. The summed E-state index contributed by atoms with van der Waals surface area (Å²) >= 11 is 0. The summed E-state index contributed by atoms with van der Waals surface area (Å²) in [5.74, 6) is 0.0472. The van der Waals surface area contributed by atoms with Gasteiger partial charge in [-0.05, 0) is 22.1 Å². The van der Waals surface area contributed by atoms with E-state index in [0.29, 0.717) is 19.5 Å². The van der Waals surface area contributed by atoms with Gasteiger partial charge in [0, 0.05) is 25.4 Å². The molecule has 0 spiro atoms. The Kier molecular flexibility index (Phi) is 5.64. The predicted octanol–water partition coefficient (Wildman–Crippen LogP) is 3.71. The van der Waals surface area contributed by atoms with E-state index in [1.54, 1.807) is 0 Å². The van der Waals surface area contributed by atoms with E-state index in [9.17, 15) is 9.59 Å². The zero-order chi connectivity index (χ0) is 19.4. The van der Waals surface area contributed by atoms with Crippen LogP contribution < -0.4 is 5.32 Å². The molecule has 0 aliphatic carbocycles. The summed E-state index contributed by atoms with van der Waals surface area (Å²) in [5, 5.41) is 2.78. The molecule has 2 aromatic carbocycles. The fraction of sp³-hybridized carbons (Fsp3) is 0.391. The first kappa shape index (κ1) is 19.2. The lowest BCUT2D eigenvalue weighted by molar-refractivity contribution is -0.134. The summed E-state index contributed by atoms with van der Waals surface area (Å²) in [6, 6.07) is 18.6. The summed E-state index contributed by atoms with van der Waals surface area (Å²) < 4.78 is 0. The Balaban J connectivity index is 1.72. The number of nitrogens with one attached hydrogen (secondary N) is 1. The van der Waals surface area contributed by atoms with Crippen molar-refractivity contribution in [1.29, 1.82) is 0 Å². The Labute approximate surface area is 161 Å². The zero-order valence-corrected chi connectivity index (χ0v) is 16.4. The molecule has 2 amide bonds. The minimum absolute atomic E-state index is 0.0345. The van der Waals surface area contributed by atoms with Gasteiger partial charge in [-0.1, -0.05) is 75.4 Å². The van der Waals surface area contributed by atoms with Crippen molar-refractivity contribution in [2.75, 3.05) is 13.1 Å². The maximum Gasteiger partial charge on any atom is 0.242 e. The molecule has 1 N–H and O–H groups in total. The third kappa shape index (κ3) is 4.97. The maximum absolute atomic E-state index is 12.8. The van der Waals surface area contributed by atoms with Crippen molar-refractivity contribution in [1.82, 2.24) is 10.2 Å². The van der Waals surface area contributed by atoms with Crippen LogP contribution in [0.2, 0.25) is 0 Å². The maximum atomic E-state index is 12.8. The summed E-state index contributed by atoms with van der Waals surface area (Å²) in [7, 11) is 0. The SMILES string of the molecule is CC(C)(C)CC(=O)NCC(=O)N1Cc2ccccc2[C@H](c2ccccc2)C1. The molecule has 4 heteroatoms. The molecule has 1 aliphatic heterocycles. The lowest BCUT2D eigenvalue weighted by Crippen LogP contribution is -2.44. The van der Waals surface area contributed by atoms with Crippen LogP contribution in [0.1, 0.15) is 49.8 Å². The Hall–Kier alpha value is -2.62. The third-order valence-electron chi connectivity index (χ3n) is 4.88. The van der Waals surface area contributed by atoms with E-state index in [1.165, 1.54) is 16.7 Å². The molecule has 4 nitrogen and oxygen atoms in total. The molecule has 0 fully saturated rings. The largest absolute Gasteiger partial charge is 0.347 e. The highest BCUT2D eigenvalue weighted by molar-refractivity contribution is 5.85. The molecule has 0 saturated carbocycles. The number of benzene rings is 2. The van der Waals surface area contributed by atoms with Crippen LogP contribution in [-0.4, -0.2) is 29.8 Å². The van der Waals surface area contributed by atoms with Gasteiger partial charge in [-0.15, -0.1) is 0 Å².